The van der Waals surface area contributed by atoms with Crippen LogP contribution in [0.4, 0.5) is 0 Å². The van der Waals surface area contributed by atoms with Gasteiger partial charge in [-0.2, -0.15) is 11.8 Å². The standard InChI is InChI=1S/C15H22OS3/c1-2-10-17-15-9-8-14(19-15)13(16)11-18-12-6-4-3-5-7-12/h8-9,12H,2-7,10-11H2,1H3. The van der Waals surface area contributed by atoms with E-state index in [1.54, 1.807) is 11.3 Å². The van der Waals surface area contributed by atoms with Gasteiger partial charge in [0.1, 0.15) is 0 Å². The third kappa shape index (κ3) is 5.16. The molecule has 1 aliphatic carbocycles. The summed E-state index contributed by atoms with van der Waals surface area (Å²) in [5.74, 6) is 2.14. The summed E-state index contributed by atoms with van der Waals surface area (Å²) >= 11 is 5.41. The molecule has 0 saturated heterocycles. The highest BCUT2D eigenvalue weighted by atomic mass is 32.2. The van der Waals surface area contributed by atoms with Gasteiger partial charge in [0.2, 0.25) is 0 Å². The first-order valence-electron chi connectivity index (χ1n) is 7.17. The fraction of sp³-hybridized carbons (Fsp3) is 0.667. The second kappa shape index (κ2) is 8.38. The zero-order valence-corrected chi connectivity index (χ0v) is 14.0. The quantitative estimate of drug-likeness (QED) is 0.489. The van der Waals surface area contributed by atoms with Crippen molar-refractivity contribution >= 4 is 40.6 Å². The summed E-state index contributed by atoms with van der Waals surface area (Å²) in [5, 5.41) is 0.728. The number of ketones is 1. The molecule has 0 unspecified atom stereocenters. The molecule has 1 aromatic rings. The average Bonchev–Trinajstić information content (AvgIpc) is 2.92. The summed E-state index contributed by atoms with van der Waals surface area (Å²) in [6.45, 7) is 2.19. The molecule has 0 aliphatic heterocycles. The molecule has 0 N–H and O–H groups in total. The molecule has 1 nitrogen and oxygen atoms in total. The van der Waals surface area contributed by atoms with Gasteiger partial charge in [-0.15, -0.1) is 23.1 Å². The van der Waals surface area contributed by atoms with Crippen molar-refractivity contribution in [1.29, 1.82) is 0 Å². The van der Waals surface area contributed by atoms with Gasteiger partial charge in [-0.05, 0) is 37.1 Å². The van der Waals surface area contributed by atoms with Gasteiger partial charge in [0.15, 0.2) is 5.78 Å². The molecule has 0 bridgehead atoms. The first-order chi connectivity index (χ1) is 9.29. The number of rotatable bonds is 7. The highest BCUT2D eigenvalue weighted by molar-refractivity contribution is 8.01. The van der Waals surface area contributed by atoms with E-state index in [4.69, 9.17) is 0 Å². The van der Waals surface area contributed by atoms with Crippen LogP contribution in [0.5, 0.6) is 0 Å². The van der Waals surface area contributed by atoms with E-state index in [0.717, 1.165) is 15.9 Å². The van der Waals surface area contributed by atoms with Crippen LogP contribution in [0.3, 0.4) is 0 Å². The van der Waals surface area contributed by atoms with Gasteiger partial charge in [0.05, 0.1) is 14.8 Å². The SMILES string of the molecule is CCCSc1ccc(C(=O)CSC2CCCCC2)s1. The Morgan fingerprint density at radius 1 is 1.32 bits per heavy atom. The number of hydrogen-bond acceptors (Lipinski definition) is 4. The van der Waals surface area contributed by atoms with Crippen molar-refractivity contribution in [2.75, 3.05) is 11.5 Å². The molecule has 1 fully saturated rings. The van der Waals surface area contributed by atoms with Gasteiger partial charge in [0.25, 0.3) is 0 Å². The Bertz CT molecular complexity index is 394. The third-order valence-electron chi connectivity index (χ3n) is 3.31. The van der Waals surface area contributed by atoms with Gasteiger partial charge in [-0.1, -0.05) is 26.2 Å². The number of hydrogen-bond donors (Lipinski definition) is 0. The van der Waals surface area contributed by atoms with Crippen LogP contribution < -0.4 is 0 Å². The maximum Gasteiger partial charge on any atom is 0.182 e. The lowest BCUT2D eigenvalue weighted by molar-refractivity contribution is 0.102. The first kappa shape index (κ1) is 15.5. The number of thioether (sulfide) groups is 2. The largest absolute Gasteiger partial charge is 0.292 e. The summed E-state index contributed by atoms with van der Waals surface area (Å²) in [6, 6.07) is 4.11. The summed E-state index contributed by atoms with van der Waals surface area (Å²) in [5.41, 5.74) is 0. The third-order valence-corrected chi connectivity index (χ3v) is 7.24. The summed E-state index contributed by atoms with van der Waals surface area (Å²) in [4.78, 5) is 13.1. The van der Waals surface area contributed by atoms with E-state index in [2.05, 4.69) is 13.0 Å². The molecule has 0 atom stereocenters. The van der Waals surface area contributed by atoms with E-state index in [9.17, 15) is 4.79 Å². The van der Waals surface area contributed by atoms with Gasteiger partial charge in [-0.25, -0.2) is 0 Å². The number of Topliss-reactive ketones (excluding diaryl/α,β-unsaturated/α-hetero) is 1. The first-order valence-corrected chi connectivity index (χ1v) is 10.0. The Hall–Kier alpha value is 0.0700. The van der Waals surface area contributed by atoms with Crippen LogP contribution in [0.2, 0.25) is 0 Å². The van der Waals surface area contributed by atoms with E-state index in [1.165, 1.54) is 42.7 Å². The number of carbonyl (C=O) groups is 1. The lowest BCUT2D eigenvalue weighted by Crippen LogP contribution is -2.11. The molecule has 1 heterocycles. The molecular weight excluding hydrogens is 292 g/mol. The summed E-state index contributed by atoms with van der Waals surface area (Å²) < 4.78 is 1.29. The van der Waals surface area contributed by atoms with Crippen LogP contribution in [0.15, 0.2) is 16.3 Å². The molecule has 0 amide bonds. The Morgan fingerprint density at radius 3 is 2.84 bits per heavy atom. The van der Waals surface area contributed by atoms with E-state index >= 15 is 0 Å². The Labute approximate surface area is 128 Å². The Balaban J connectivity index is 1.77. The van der Waals surface area contributed by atoms with Crippen molar-refractivity contribution in [3.8, 4) is 0 Å². The molecular formula is C15H22OS3. The van der Waals surface area contributed by atoms with E-state index in [1.807, 2.05) is 29.6 Å². The van der Waals surface area contributed by atoms with Gasteiger partial charge in [0, 0.05) is 5.25 Å². The molecule has 0 radical (unpaired) electrons. The minimum Gasteiger partial charge on any atom is -0.292 e. The highest BCUT2D eigenvalue weighted by Gasteiger charge is 2.16. The van der Waals surface area contributed by atoms with Crippen molar-refractivity contribution in [1.82, 2.24) is 0 Å². The van der Waals surface area contributed by atoms with Crippen molar-refractivity contribution in [2.24, 2.45) is 0 Å². The van der Waals surface area contributed by atoms with E-state index in [-0.39, 0.29) is 0 Å². The Morgan fingerprint density at radius 2 is 2.11 bits per heavy atom. The highest BCUT2D eigenvalue weighted by Crippen LogP contribution is 2.31. The zero-order chi connectivity index (χ0) is 13.5. The fourth-order valence-corrected chi connectivity index (χ4v) is 5.55. The molecule has 1 saturated carbocycles. The van der Waals surface area contributed by atoms with Gasteiger partial charge < -0.3 is 0 Å². The zero-order valence-electron chi connectivity index (χ0n) is 11.5. The van der Waals surface area contributed by atoms with Crippen LogP contribution in [0.25, 0.3) is 0 Å². The minimum absolute atomic E-state index is 0.323. The molecule has 106 valence electrons. The topological polar surface area (TPSA) is 17.1 Å². The van der Waals surface area contributed by atoms with Crippen molar-refractivity contribution < 1.29 is 4.79 Å². The van der Waals surface area contributed by atoms with Gasteiger partial charge >= 0.3 is 0 Å². The number of carbonyl (C=O) groups excluding carboxylic acids is 1. The van der Waals surface area contributed by atoms with Crippen LogP contribution >= 0.6 is 34.9 Å². The number of thiophene rings is 1. The fourth-order valence-electron chi connectivity index (χ4n) is 2.25. The predicted octanol–water partition coefficient (Wildman–Crippen LogP) is 5.50. The molecule has 0 spiro atoms. The molecule has 4 heteroatoms. The molecule has 0 aromatic carbocycles. The lowest BCUT2D eigenvalue weighted by Gasteiger charge is -2.20. The molecule has 19 heavy (non-hydrogen) atoms. The van der Waals surface area contributed by atoms with Crippen molar-refractivity contribution in [2.45, 2.75) is 54.9 Å². The van der Waals surface area contributed by atoms with E-state index in [0.29, 0.717) is 11.5 Å². The molecule has 2 rings (SSSR count). The predicted molar refractivity (Wildman–Crippen MR) is 89.0 cm³/mol. The van der Waals surface area contributed by atoms with Crippen LogP contribution in [-0.4, -0.2) is 22.5 Å². The average molecular weight is 315 g/mol. The second-order valence-corrected chi connectivity index (χ2v) is 8.73. The Kier molecular flexibility index (Phi) is 6.82. The maximum atomic E-state index is 12.2. The van der Waals surface area contributed by atoms with Crippen molar-refractivity contribution in [3.63, 3.8) is 0 Å². The van der Waals surface area contributed by atoms with Gasteiger partial charge in [-0.3, -0.25) is 4.79 Å². The monoisotopic (exact) mass is 314 g/mol. The minimum atomic E-state index is 0.323. The van der Waals surface area contributed by atoms with Crippen LogP contribution in [-0.2, 0) is 0 Å². The molecule has 1 aliphatic rings. The lowest BCUT2D eigenvalue weighted by atomic mass is 10.0. The summed E-state index contributed by atoms with van der Waals surface area (Å²) in [7, 11) is 0. The normalized spacial score (nSPS) is 16.7. The maximum absolute atomic E-state index is 12.2. The van der Waals surface area contributed by atoms with E-state index < -0.39 is 0 Å². The summed E-state index contributed by atoms with van der Waals surface area (Å²) in [6.07, 6.45) is 7.88. The van der Waals surface area contributed by atoms with Crippen LogP contribution in [0, 0.1) is 0 Å². The molecule has 1 aromatic heterocycles. The van der Waals surface area contributed by atoms with Crippen molar-refractivity contribution in [3.05, 3.63) is 17.0 Å². The van der Waals surface area contributed by atoms with Crippen LogP contribution in [0.1, 0.15) is 55.1 Å². The smallest absolute Gasteiger partial charge is 0.182 e. The second-order valence-electron chi connectivity index (χ2n) is 4.96.